The van der Waals surface area contributed by atoms with Crippen LogP contribution in [0.1, 0.15) is 35.9 Å². The number of carbonyl (C=O) groups excluding carboxylic acids is 1. The van der Waals surface area contributed by atoms with Crippen molar-refractivity contribution < 1.29 is 9.21 Å². The van der Waals surface area contributed by atoms with Gasteiger partial charge in [-0.05, 0) is 58.6 Å². The van der Waals surface area contributed by atoms with Crippen molar-refractivity contribution in [1.82, 2.24) is 0 Å². The largest absolute Gasteiger partial charge is 0.459 e. The van der Waals surface area contributed by atoms with Crippen molar-refractivity contribution in [3.8, 4) is 0 Å². The quantitative estimate of drug-likeness (QED) is 0.871. The third kappa shape index (κ3) is 3.70. The fourth-order valence-corrected chi connectivity index (χ4v) is 2.31. The summed E-state index contributed by atoms with van der Waals surface area (Å²) in [7, 11) is 0. The van der Waals surface area contributed by atoms with E-state index in [1.165, 1.54) is 24.7 Å². The SMILES string of the molecule is CCCCc1ccc(NC(=O)c2ccco2)c(Br)c1. The molecule has 3 nitrogen and oxygen atoms in total. The average molecular weight is 322 g/mol. The topological polar surface area (TPSA) is 42.2 Å². The molecule has 0 unspecified atom stereocenters. The van der Waals surface area contributed by atoms with Crippen LogP contribution >= 0.6 is 15.9 Å². The van der Waals surface area contributed by atoms with Gasteiger partial charge >= 0.3 is 0 Å². The highest BCUT2D eigenvalue weighted by atomic mass is 79.9. The smallest absolute Gasteiger partial charge is 0.291 e. The van der Waals surface area contributed by atoms with Crippen LogP contribution < -0.4 is 5.32 Å². The molecule has 19 heavy (non-hydrogen) atoms. The molecule has 1 N–H and O–H groups in total. The van der Waals surface area contributed by atoms with E-state index in [1.807, 2.05) is 18.2 Å². The summed E-state index contributed by atoms with van der Waals surface area (Å²) in [5, 5.41) is 2.82. The van der Waals surface area contributed by atoms with Crippen LogP contribution in [0.25, 0.3) is 0 Å². The molecule has 0 aliphatic carbocycles. The third-order valence-corrected chi connectivity index (χ3v) is 3.50. The van der Waals surface area contributed by atoms with Crippen molar-refractivity contribution in [2.45, 2.75) is 26.2 Å². The van der Waals surface area contributed by atoms with E-state index >= 15 is 0 Å². The first-order chi connectivity index (χ1) is 9.20. The predicted octanol–water partition coefficient (Wildman–Crippen LogP) is 4.64. The summed E-state index contributed by atoms with van der Waals surface area (Å²) < 4.78 is 5.95. The number of amides is 1. The van der Waals surface area contributed by atoms with Gasteiger partial charge in [-0.1, -0.05) is 19.4 Å². The van der Waals surface area contributed by atoms with E-state index in [4.69, 9.17) is 4.42 Å². The van der Waals surface area contributed by atoms with Gasteiger partial charge in [-0.15, -0.1) is 0 Å². The molecule has 1 amide bonds. The molecule has 0 saturated heterocycles. The van der Waals surface area contributed by atoms with Crippen LogP contribution in [0.3, 0.4) is 0 Å². The van der Waals surface area contributed by atoms with Gasteiger partial charge in [0.05, 0.1) is 12.0 Å². The molecule has 100 valence electrons. The second-order valence-corrected chi connectivity index (χ2v) is 5.20. The van der Waals surface area contributed by atoms with Gasteiger partial charge in [-0.25, -0.2) is 0 Å². The van der Waals surface area contributed by atoms with Crippen LogP contribution in [-0.4, -0.2) is 5.91 Å². The maximum absolute atomic E-state index is 11.9. The number of hydrogen-bond acceptors (Lipinski definition) is 2. The first-order valence-corrected chi connectivity index (χ1v) is 7.13. The summed E-state index contributed by atoms with van der Waals surface area (Å²) in [6.07, 6.45) is 4.89. The minimum absolute atomic E-state index is 0.244. The molecular formula is C15H16BrNO2. The number of halogens is 1. The van der Waals surface area contributed by atoms with Crippen molar-refractivity contribution >= 4 is 27.5 Å². The molecule has 0 aliphatic heterocycles. The zero-order chi connectivity index (χ0) is 13.7. The van der Waals surface area contributed by atoms with Gasteiger partial charge < -0.3 is 9.73 Å². The van der Waals surface area contributed by atoms with Crippen LogP contribution in [0.2, 0.25) is 0 Å². The van der Waals surface area contributed by atoms with Gasteiger partial charge in [0.15, 0.2) is 5.76 Å². The molecule has 1 aromatic carbocycles. The molecule has 0 fully saturated rings. The van der Waals surface area contributed by atoms with Crippen molar-refractivity contribution in [3.05, 3.63) is 52.4 Å². The minimum Gasteiger partial charge on any atom is -0.459 e. The summed E-state index contributed by atoms with van der Waals surface area (Å²) >= 11 is 3.49. The second-order valence-electron chi connectivity index (χ2n) is 4.35. The number of anilines is 1. The predicted molar refractivity (Wildman–Crippen MR) is 79.4 cm³/mol. The number of rotatable bonds is 5. The molecule has 0 saturated carbocycles. The fourth-order valence-electron chi connectivity index (χ4n) is 1.79. The molecule has 0 atom stereocenters. The fraction of sp³-hybridized carbons (Fsp3) is 0.267. The Balaban J connectivity index is 2.07. The zero-order valence-corrected chi connectivity index (χ0v) is 12.4. The Morgan fingerprint density at radius 3 is 2.84 bits per heavy atom. The number of hydrogen-bond donors (Lipinski definition) is 1. The van der Waals surface area contributed by atoms with Gasteiger partial charge in [0.25, 0.3) is 5.91 Å². The lowest BCUT2D eigenvalue weighted by Crippen LogP contribution is -2.11. The van der Waals surface area contributed by atoms with Crippen LogP contribution in [0.15, 0.2) is 45.5 Å². The molecule has 1 aromatic heterocycles. The molecule has 0 radical (unpaired) electrons. The van der Waals surface area contributed by atoms with Crippen LogP contribution in [-0.2, 0) is 6.42 Å². The van der Waals surface area contributed by atoms with Crippen molar-refractivity contribution in [1.29, 1.82) is 0 Å². The Labute approximate surface area is 121 Å². The highest BCUT2D eigenvalue weighted by Gasteiger charge is 2.10. The van der Waals surface area contributed by atoms with E-state index in [0.717, 1.165) is 16.6 Å². The number of carbonyl (C=O) groups is 1. The molecule has 2 aromatic rings. The Kier molecular flexibility index (Phi) is 4.80. The first kappa shape index (κ1) is 13.9. The monoisotopic (exact) mass is 321 g/mol. The van der Waals surface area contributed by atoms with Crippen LogP contribution in [0.5, 0.6) is 0 Å². The average Bonchev–Trinajstić information content (AvgIpc) is 2.93. The van der Waals surface area contributed by atoms with E-state index < -0.39 is 0 Å². The van der Waals surface area contributed by atoms with Gasteiger partial charge in [0, 0.05) is 4.47 Å². The van der Waals surface area contributed by atoms with Crippen molar-refractivity contribution in [2.24, 2.45) is 0 Å². The Hall–Kier alpha value is -1.55. The first-order valence-electron chi connectivity index (χ1n) is 6.34. The number of unbranched alkanes of at least 4 members (excludes halogenated alkanes) is 1. The molecule has 0 spiro atoms. The summed E-state index contributed by atoms with van der Waals surface area (Å²) in [4.78, 5) is 11.9. The molecule has 0 aliphatic rings. The summed E-state index contributed by atoms with van der Waals surface area (Å²) in [5.41, 5.74) is 2.02. The molecular weight excluding hydrogens is 306 g/mol. The van der Waals surface area contributed by atoms with Gasteiger partial charge in [-0.3, -0.25) is 4.79 Å². The Morgan fingerprint density at radius 1 is 1.37 bits per heavy atom. The molecule has 4 heteroatoms. The Morgan fingerprint density at radius 2 is 2.21 bits per heavy atom. The summed E-state index contributed by atoms with van der Waals surface area (Å²) in [6, 6.07) is 9.33. The van der Waals surface area contributed by atoms with Gasteiger partial charge in [0.1, 0.15) is 0 Å². The van der Waals surface area contributed by atoms with E-state index in [2.05, 4.69) is 28.2 Å². The number of furan rings is 1. The lowest BCUT2D eigenvalue weighted by molar-refractivity contribution is 0.0996. The van der Waals surface area contributed by atoms with Crippen molar-refractivity contribution in [3.63, 3.8) is 0 Å². The lowest BCUT2D eigenvalue weighted by Gasteiger charge is -2.08. The van der Waals surface area contributed by atoms with E-state index in [1.54, 1.807) is 12.1 Å². The van der Waals surface area contributed by atoms with E-state index in [9.17, 15) is 4.79 Å². The van der Waals surface area contributed by atoms with Gasteiger partial charge in [0.2, 0.25) is 0 Å². The highest BCUT2D eigenvalue weighted by Crippen LogP contribution is 2.25. The van der Waals surface area contributed by atoms with Gasteiger partial charge in [-0.2, -0.15) is 0 Å². The highest BCUT2D eigenvalue weighted by molar-refractivity contribution is 9.10. The van der Waals surface area contributed by atoms with Crippen LogP contribution in [0.4, 0.5) is 5.69 Å². The maximum atomic E-state index is 11.9. The lowest BCUT2D eigenvalue weighted by atomic mass is 10.1. The molecule has 1 heterocycles. The zero-order valence-electron chi connectivity index (χ0n) is 10.8. The van der Waals surface area contributed by atoms with Crippen molar-refractivity contribution in [2.75, 3.05) is 5.32 Å². The number of aryl methyl sites for hydroxylation is 1. The molecule has 0 bridgehead atoms. The van der Waals surface area contributed by atoms with Crippen LogP contribution in [0, 0.1) is 0 Å². The standard InChI is InChI=1S/C15H16BrNO2/c1-2-3-5-11-7-8-13(12(16)10-11)17-15(18)14-6-4-9-19-14/h4,6-10H,2-3,5H2,1H3,(H,17,18). The second kappa shape index (κ2) is 6.57. The van der Waals surface area contributed by atoms with E-state index in [-0.39, 0.29) is 5.91 Å². The minimum atomic E-state index is -0.244. The third-order valence-electron chi connectivity index (χ3n) is 2.85. The molecule has 2 rings (SSSR count). The Bertz CT molecular complexity index is 549. The number of benzene rings is 1. The normalized spacial score (nSPS) is 10.4. The summed E-state index contributed by atoms with van der Waals surface area (Å²) in [6.45, 7) is 2.17. The maximum Gasteiger partial charge on any atom is 0.291 e. The summed E-state index contributed by atoms with van der Waals surface area (Å²) in [5.74, 6) is 0.0639. The number of nitrogens with one attached hydrogen (secondary N) is 1. The van der Waals surface area contributed by atoms with E-state index in [0.29, 0.717) is 5.76 Å².